The summed E-state index contributed by atoms with van der Waals surface area (Å²) in [7, 11) is 0. The number of ether oxygens (including phenoxy) is 1. The molecule has 1 aromatic rings. The van der Waals surface area contributed by atoms with E-state index < -0.39 is 0 Å². The quantitative estimate of drug-likeness (QED) is 0.824. The van der Waals surface area contributed by atoms with Gasteiger partial charge in [-0.25, -0.2) is 0 Å². The van der Waals surface area contributed by atoms with E-state index in [0.717, 1.165) is 12.2 Å². The fourth-order valence-corrected chi connectivity index (χ4v) is 1.44. The average Bonchev–Trinajstić information content (AvgIpc) is 2.27. The number of benzene rings is 1. The van der Waals surface area contributed by atoms with Crippen molar-refractivity contribution >= 4 is 0 Å². The second kappa shape index (κ2) is 6.14. The maximum atomic E-state index is 8.77. The molecule has 16 heavy (non-hydrogen) atoms. The molecule has 86 valence electrons. The SMILES string of the molecule is CCC(C#N)Oc1ccc(CC(C)N)cc1. The van der Waals surface area contributed by atoms with Crippen LogP contribution in [0.5, 0.6) is 5.75 Å². The molecule has 0 saturated carbocycles. The molecule has 1 aromatic carbocycles. The lowest BCUT2D eigenvalue weighted by atomic mass is 10.1. The Balaban J connectivity index is 2.61. The van der Waals surface area contributed by atoms with Crippen molar-refractivity contribution in [1.82, 2.24) is 0 Å². The van der Waals surface area contributed by atoms with E-state index in [1.165, 1.54) is 5.56 Å². The molecule has 2 unspecified atom stereocenters. The molecule has 2 N–H and O–H groups in total. The molecule has 2 atom stereocenters. The summed E-state index contributed by atoms with van der Waals surface area (Å²) in [5.74, 6) is 0.738. The van der Waals surface area contributed by atoms with Gasteiger partial charge in [-0.15, -0.1) is 0 Å². The first-order chi connectivity index (χ1) is 7.65. The average molecular weight is 218 g/mol. The van der Waals surface area contributed by atoms with Gasteiger partial charge in [-0.2, -0.15) is 5.26 Å². The molecule has 0 spiro atoms. The Labute approximate surface area is 96.8 Å². The Morgan fingerprint density at radius 3 is 2.44 bits per heavy atom. The monoisotopic (exact) mass is 218 g/mol. The predicted molar refractivity (Wildman–Crippen MR) is 64.1 cm³/mol. The molecule has 1 rings (SSSR count). The third-order valence-corrected chi connectivity index (χ3v) is 2.27. The highest BCUT2D eigenvalue weighted by molar-refractivity contribution is 5.28. The maximum Gasteiger partial charge on any atom is 0.184 e. The van der Waals surface area contributed by atoms with Crippen LogP contribution in [0.15, 0.2) is 24.3 Å². The lowest BCUT2D eigenvalue weighted by Crippen LogP contribution is -2.17. The van der Waals surface area contributed by atoms with Gasteiger partial charge in [-0.1, -0.05) is 19.1 Å². The molecule has 0 aliphatic heterocycles. The van der Waals surface area contributed by atoms with Crippen molar-refractivity contribution in [2.45, 2.75) is 38.8 Å². The van der Waals surface area contributed by atoms with E-state index in [1.807, 2.05) is 38.1 Å². The van der Waals surface area contributed by atoms with Gasteiger partial charge in [0.25, 0.3) is 0 Å². The fraction of sp³-hybridized carbons (Fsp3) is 0.462. The molecule has 0 radical (unpaired) electrons. The lowest BCUT2D eigenvalue weighted by molar-refractivity contribution is 0.252. The van der Waals surface area contributed by atoms with E-state index in [2.05, 4.69) is 6.07 Å². The Morgan fingerprint density at radius 2 is 2.00 bits per heavy atom. The van der Waals surface area contributed by atoms with E-state index in [4.69, 9.17) is 15.7 Å². The number of nitrogens with zero attached hydrogens (tertiary/aromatic N) is 1. The Morgan fingerprint density at radius 1 is 1.38 bits per heavy atom. The standard InChI is InChI=1S/C13H18N2O/c1-3-12(9-14)16-13-6-4-11(5-7-13)8-10(2)15/h4-7,10,12H,3,8,15H2,1-2H3. The van der Waals surface area contributed by atoms with Gasteiger partial charge >= 0.3 is 0 Å². The first kappa shape index (κ1) is 12.5. The molecular formula is C13H18N2O. The smallest absolute Gasteiger partial charge is 0.184 e. The molecule has 0 amide bonds. The minimum absolute atomic E-state index is 0.161. The highest BCUT2D eigenvalue weighted by atomic mass is 16.5. The normalized spacial score (nSPS) is 13.9. The summed E-state index contributed by atoms with van der Waals surface area (Å²) >= 11 is 0. The van der Waals surface area contributed by atoms with E-state index in [1.54, 1.807) is 0 Å². The predicted octanol–water partition coefficient (Wildman–Crippen LogP) is 2.26. The van der Waals surface area contributed by atoms with Crippen LogP contribution < -0.4 is 10.5 Å². The number of nitriles is 1. The van der Waals surface area contributed by atoms with Crippen molar-refractivity contribution in [3.63, 3.8) is 0 Å². The maximum absolute atomic E-state index is 8.77. The number of hydrogen-bond acceptors (Lipinski definition) is 3. The number of rotatable bonds is 5. The van der Waals surface area contributed by atoms with Crippen LogP contribution in [0.3, 0.4) is 0 Å². The summed E-state index contributed by atoms with van der Waals surface area (Å²) in [6, 6.07) is 10.0. The van der Waals surface area contributed by atoms with Gasteiger partial charge in [0.2, 0.25) is 0 Å². The van der Waals surface area contributed by atoms with Crippen LogP contribution >= 0.6 is 0 Å². The molecule has 0 fully saturated rings. The fourth-order valence-electron chi connectivity index (χ4n) is 1.44. The largest absolute Gasteiger partial charge is 0.476 e. The molecule has 0 heterocycles. The first-order valence-electron chi connectivity index (χ1n) is 5.56. The van der Waals surface area contributed by atoms with Crippen molar-refractivity contribution in [2.24, 2.45) is 5.73 Å². The van der Waals surface area contributed by atoms with Crippen LogP contribution in [0.25, 0.3) is 0 Å². The molecule has 0 aliphatic carbocycles. The Hall–Kier alpha value is -1.53. The minimum Gasteiger partial charge on any atom is -0.476 e. The summed E-state index contributed by atoms with van der Waals surface area (Å²) in [6.45, 7) is 3.91. The molecule has 3 heteroatoms. The zero-order valence-corrected chi connectivity index (χ0v) is 9.81. The lowest BCUT2D eigenvalue weighted by Gasteiger charge is -2.11. The zero-order valence-electron chi connectivity index (χ0n) is 9.81. The van der Waals surface area contributed by atoms with Crippen LogP contribution in [-0.4, -0.2) is 12.1 Å². The summed E-state index contributed by atoms with van der Waals surface area (Å²) in [5.41, 5.74) is 6.90. The zero-order chi connectivity index (χ0) is 12.0. The van der Waals surface area contributed by atoms with Gasteiger partial charge in [-0.3, -0.25) is 0 Å². The van der Waals surface area contributed by atoms with Gasteiger partial charge in [0, 0.05) is 6.04 Å². The van der Waals surface area contributed by atoms with Crippen LogP contribution in [0.2, 0.25) is 0 Å². The molecule has 0 bridgehead atoms. The van der Waals surface area contributed by atoms with Gasteiger partial charge in [0.05, 0.1) is 0 Å². The van der Waals surface area contributed by atoms with Crippen LogP contribution in [-0.2, 0) is 6.42 Å². The topological polar surface area (TPSA) is 59.0 Å². The van der Waals surface area contributed by atoms with Crippen LogP contribution in [0, 0.1) is 11.3 Å². The van der Waals surface area contributed by atoms with Crippen LogP contribution in [0.1, 0.15) is 25.8 Å². The molecule has 3 nitrogen and oxygen atoms in total. The van der Waals surface area contributed by atoms with Crippen molar-refractivity contribution in [2.75, 3.05) is 0 Å². The van der Waals surface area contributed by atoms with Gasteiger partial charge in [-0.05, 0) is 37.5 Å². The van der Waals surface area contributed by atoms with Crippen molar-refractivity contribution in [1.29, 1.82) is 5.26 Å². The van der Waals surface area contributed by atoms with Crippen molar-refractivity contribution in [3.05, 3.63) is 29.8 Å². The second-order valence-corrected chi connectivity index (χ2v) is 3.97. The first-order valence-corrected chi connectivity index (χ1v) is 5.56. The highest BCUT2D eigenvalue weighted by Crippen LogP contribution is 2.15. The van der Waals surface area contributed by atoms with E-state index in [0.29, 0.717) is 6.42 Å². The Kier molecular flexibility index (Phi) is 4.81. The highest BCUT2D eigenvalue weighted by Gasteiger charge is 2.05. The Bertz CT molecular complexity index is 351. The molecule has 0 aliphatic rings. The second-order valence-electron chi connectivity index (χ2n) is 3.97. The van der Waals surface area contributed by atoms with Crippen molar-refractivity contribution in [3.8, 4) is 11.8 Å². The van der Waals surface area contributed by atoms with Crippen molar-refractivity contribution < 1.29 is 4.74 Å². The van der Waals surface area contributed by atoms with E-state index in [-0.39, 0.29) is 12.1 Å². The number of nitrogens with two attached hydrogens (primary N) is 1. The van der Waals surface area contributed by atoms with Gasteiger partial charge in [0.1, 0.15) is 11.8 Å². The minimum atomic E-state index is -0.362. The van der Waals surface area contributed by atoms with Crippen LogP contribution in [0.4, 0.5) is 0 Å². The van der Waals surface area contributed by atoms with Gasteiger partial charge in [0.15, 0.2) is 6.10 Å². The third kappa shape index (κ3) is 3.92. The molecule has 0 aromatic heterocycles. The summed E-state index contributed by atoms with van der Waals surface area (Å²) < 4.78 is 5.48. The summed E-state index contributed by atoms with van der Waals surface area (Å²) in [6.07, 6.45) is 1.19. The summed E-state index contributed by atoms with van der Waals surface area (Å²) in [4.78, 5) is 0. The van der Waals surface area contributed by atoms with Gasteiger partial charge < -0.3 is 10.5 Å². The third-order valence-electron chi connectivity index (χ3n) is 2.27. The number of hydrogen-bond donors (Lipinski definition) is 1. The summed E-state index contributed by atoms with van der Waals surface area (Å²) in [5, 5.41) is 8.77. The molecular weight excluding hydrogens is 200 g/mol. The van der Waals surface area contributed by atoms with E-state index in [9.17, 15) is 0 Å². The molecule has 0 saturated heterocycles. The van der Waals surface area contributed by atoms with E-state index >= 15 is 0 Å².